The Labute approximate surface area is 121 Å². The number of nitro benzene ring substituents is 1. The number of hydrogen-bond donors (Lipinski definition) is 1. The van der Waals surface area contributed by atoms with Crippen LogP contribution >= 0.6 is 11.6 Å². The van der Waals surface area contributed by atoms with E-state index in [2.05, 4.69) is 10.3 Å². The summed E-state index contributed by atoms with van der Waals surface area (Å²) in [5.41, 5.74) is 1.90. The molecule has 1 aromatic heterocycles. The predicted octanol–water partition coefficient (Wildman–Crippen LogP) is 3.49. The number of pyridine rings is 1. The third-order valence-electron chi connectivity index (χ3n) is 3.03. The number of rotatable bonds is 5. The van der Waals surface area contributed by atoms with Crippen molar-refractivity contribution in [1.82, 2.24) is 10.3 Å². The fourth-order valence-electron chi connectivity index (χ4n) is 1.81. The van der Waals surface area contributed by atoms with Crippen LogP contribution in [-0.2, 0) is 6.54 Å². The first-order valence-electron chi connectivity index (χ1n) is 6.14. The van der Waals surface area contributed by atoms with E-state index in [9.17, 15) is 10.1 Å². The van der Waals surface area contributed by atoms with E-state index in [1.807, 2.05) is 19.1 Å². The van der Waals surface area contributed by atoms with Crippen molar-refractivity contribution in [3.8, 4) is 0 Å². The molecule has 1 heterocycles. The predicted molar refractivity (Wildman–Crippen MR) is 77.6 cm³/mol. The molecule has 0 saturated carbocycles. The number of nitrogens with zero attached hydrogens (tertiary/aromatic N) is 2. The summed E-state index contributed by atoms with van der Waals surface area (Å²) in [6, 6.07) is 8.48. The molecule has 5 nitrogen and oxygen atoms in total. The number of nitrogens with one attached hydrogen (secondary N) is 1. The zero-order valence-corrected chi connectivity index (χ0v) is 11.7. The van der Waals surface area contributed by atoms with Gasteiger partial charge in [-0.15, -0.1) is 0 Å². The average Bonchev–Trinajstić information content (AvgIpc) is 2.46. The van der Waals surface area contributed by atoms with Gasteiger partial charge in [0.25, 0.3) is 5.69 Å². The molecule has 0 radical (unpaired) electrons. The minimum absolute atomic E-state index is 0.000872. The molecule has 0 spiro atoms. The molecule has 0 aliphatic rings. The van der Waals surface area contributed by atoms with Crippen molar-refractivity contribution < 1.29 is 4.92 Å². The fourth-order valence-corrected chi connectivity index (χ4v) is 2.05. The van der Waals surface area contributed by atoms with Crippen LogP contribution in [0, 0.1) is 10.1 Å². The maximum atomic E-state index is 10.6. The van der Waals surface area contributed by atoms with Crippen LogP contribution in [0.25, 0.3) is 0 Å². The lowest BCUT2D eigenvalue weighted by Crippen LogP contribution is -2.18. The van der Waals surface area contributed by atoms with E-state index in [0.717, 1.165) is 11.1 Å². The Morgan fingerprint density at radius 2 is 2.25 bits per heavy atom. The number of aromatic nitrogens is 1. The van der Waals surface area contributed by atoms with Crippen molar-refractivity contribution in [1.29, 1.82) is 0 Å². The molecule has 0 saturated heterocycles. The zero-order chi connectivity index (χ0) is 14.5. The van der Waals surface area contributed by atoms with Gasteiger partial charge in [-0.25, -0.2) is 0 Å². The maximum Gasteiger partial charge on any atom is 0.270 e. The second-order valence-electron chi connectivity index (χ2n) is 4.42. The van der Waals surface area contributed by atoms with E-state index in [1.165, 1.54) is 12.1 Å². The SMILES string of the molecule is C[C@H](NCc1ccc([N+](=O)[O-])cc1Cl)c1cccnc1. The van der Waals surface area contributed by atoms with Gasteiger partial charge >= 0.3 is 0 Å². The minimum Gasteiger partial charge on any atom is -0.306 e. The molecule has 1 atom stereocenters. The lowest BCUT2D eigenvalue weighted by molar-refractivity contribution is -0.384. The smallest absolute Gasteiger partial charge is 0.270 e. The third-order valence-corrected chi connectivity index (χ3v) is 3.38. The monoisotopic (exact) mass is 291 g/mol. The van der Waals surface area contributed by atoms with Crippen LogP contribution in [-0.4, -0.2) is 9.91 Å². The molecule has 0 fully saturated rings. The van der Waals surface area contributed by atoms with Gasteiger partial charge in [0.05, 0.1) is 9.95 Å². The summed E-state index contributed by atoms with van der Waals surface area (Å²) in [6.45, 7) is 2.56. The summed E-state index contributed by atoms with van der Waals surface area (Å²) in [6.07, 6.45) is 3.53. The van der Waals surface area contributed by atoms with Gasteiger partial charge in [-0.3, -0.25) is 15.1 Å². The summed E-state index contributed by atoms with van der Waals surface area (Å²) in [7, 11) is 0. The highest BCUT2D eigenvalue weighted by Gasteiger charge is 2.10. The average molecular weight is 292 g/mol. The molecule has 2 rings (SSSR count). The standard InChI is InChI=1S/C14H14ClN3O2/c1-10(11-3-2-6-16-8-11)17-9-12-4-5-13(18(19)20)7-14(12)15/h2-8,10,17H,9H2,1H3/t10-/m0/s1. The molecule has 104 valence electrons. The molecule has 6 heteroatoms. The van der Waals surface area contributed by atoms with Gasteiger partial charge in [0.2, 0.25) is 0 Å². The molecular formula is C14H14ClN3O2. The van der Waals surface area contributed by atoms with Crippen molar-refractivity contribution in [2.45, 2.75) is 19.5 Å². The van der Waals surface area contributed by atoms with Crippen LogP contribution in [0.2, 0.25) is 5.02 Å². The second-order valence-corrected chi connectivity index (χ2v) is 4.83. The van der Waals surface area contributed by atoms with Crippen LogP contribution < -0.4 is 5.32 Å². The second kappa shape index (κ2) is 6.45. The van der Waals surface area contributed by atoms with Crippen molar-refractivity contribution in [2.75, 3.05) is 0 Å². The zero-order valence-electron chi connectivity index (χ0n) is 10.9. The van der Waals surface area contributed by atoms with Crippen molar-refractivity contribution in [2.24, 2.45) is 0 Å². The molecule has 20 heavy (non-hydrogen) atoms. The Hall–Kier alpha value is -1.98. The Kier molecular flexibility index (Phi) is 4.65. The highest BCUT2D eigenvalue weighted by molar-refractivity contribution is 6.31. The van der Waals surface area contributed by atoms with Crippen LogP contribution in [0.15, 0.2) is 42.7 Å². The first kappa shape index (κ1) is 14.4. The van der Waals surface area contributed by atoms with Crippen molar-refractivity contribution >= 4 is 17.3 Å². The molecule has 1 aromatic carbocycles. The quantitative estimate of drug-likeness (QED) is 0.676. The van der Waals surface area contributed by atoms with E-state index in [1.54, 1.807) is 18.5 Å². The largest absolute Gasteiger partial charge is 0.306 e. The third kappa shape index (κ3) is 3.53. The van der Waals surface area contributed by atoms with Gasteiger partial charge in [0.15, 0.2) is 0 Å². The highest BCUT2D eigenvalue weighted by atomic mass is 35.5. The summed E-state index contributed by atoms with van der Waals surface area (Å²) in [4.78, 5) is 14.3. The van der Waals surface area contributed by atoms with Gasteiger partial charge in [-0.2, -0.15) is 0 Å². The Morgan fingerprint density at radius 1 is 1.45 bits per heavy atom. The van der Waals surface area contributed by atoms with Gasteiger partial charge in [-0.05, 0) is 30.2 Å². The van der Waals surface area contributed by atoms with Gasteiger partial charge < -0.3 is 5.32 Å². The number of non-ortho nitro benzene ring substituents is 1. The number of halogens is 1. The molecular weight excluding hydrogens is 278 g/mol. The Morgan fingerprint density at radius 3 is 2.85 bits per heavy atom. The number of benzene rings is 1. The summed E-state index contributed by atoms with van der Waals surface area (Å²) in [5, 5.41) is 14.3. The lowest BCUT2D eigenvalue weighted by Gasteiger charge is -2.14. The molecule has 0 aliphatic carbocycles. The first-order chi connectivity index (χ1) is 9.58. The fraction of sp³-hybridized carbons (Fsp3) is 0.214. The van der Waals surface area contributed by atoms with E-state index < -0.39 is 4.92 Å². The van der Waals surface area contributed by atoms with Crippen LogP contribution in [0.1, 0.15) is 24.1 Å². The minimum atomic E-state index is -0.457. The summed E-state index contributed by atoms with van der Waals surface area (Å²) >= 11 is 6.05. The lowest BCUT2D eigenvalue weighted by atomic mass is 10.1. The maximum absolute atomic E-state index is 10.6. The van der Waals surface area contributed by atoms with Gasteiger partial charge in [0, 0.05) is 37.1 Å². The highest BCUT2D eigenvalue weighted by Crippen LogP contribution is 2.23. The van der Waals surface area contributed by atoms with E-state index in [-0.39, 0.29) is 11.7 Å². The van der Waals surface area contributed by atoms with Gasteiger partial charge in [-0.1, -0.05) is 17.7 Å². The topological polar surface area (TPSA) is 68.1 Å². The molecule has 0 bridgehead atoms. The molecule has 2 aromatic rings. The van der Waals surface area contributed by atoms with Crippen LogP contribution in [0.3, 0.4) is 0 Å². The number of hydrogen-bond acceptors (Lipinski definition) is 4. The van der Waals surface area contributed by atoms with Crippen molar-refractivity contribution in [3.05, 3.63) is 69.0 Å². The van der Waals surface area contributed by atoms with Crippen molar-refractivity contribution in [3.63, 3.8) is 0 Å². The molecule has 0 unspecified atom stereocenters. The van der Waals surface area contributed by atoms with E-state index in [0.29, 0.717) is 11.6 Å². The first-order valence-corrected chi connectivity index (χ1v) is 6.52. The van der Waals surface area contributed by atoms with Crippen LogP contribution in [0.4, 0.5) is 5.69 Å². The van der Waals surface area contributed by atoms with E-state index >= 15 is 0 Å². The molecule has 1 N–H and O–H groups in total. The Bertz CT molecular complexity index is 605. The number of nitro groups is 1. The van der Waals surface area contributed by atoms with Gasteiger partial charge in [0.1, 0.15) is 0 Å². The summed E-state index contributed by atoms with van der Waals surface area (Å²) in [5.74, 6) is 0. The molecule has 0 aliphatic heterocycles. The normalized spacial score (nSPS) is 12.1. The van der Waals surface area contributed by atoms with Crippen LogP contribution in [0.5, 0.6) is 0 Å². The molecule has 0 amide bonds. The van der Waals surface area contributed by atoms with E-state index in [4.69, 9.17) is 11.6 Å². The summed E-state index contributed by atoms with van der Waals surface area (Å²) < 4.78 is 0. The Balaban J connectivity index is 2.02.